The molecule has 102 valence electrons. The molecule has 4 nitrogen and oxygen atoms in total. The lowest BCUT2D eigenvalue weighted by Gasteiger charge is -2.07. The molecule has 1 aromatic rings. The molecule has 0 bridgehead atoms. The van der Waals surface area contributed by atoms with Crippen LogP contribution in [0.2, 0.25) is 0 Å². The largest absolute Gasteiger partial charge is 0.382 e. The standard InChI is InChI=1S/C14H23NO3/c1-16-9-10-18-12-11-17-8-7-15-13-14-5-3-2-4-6-14/h2-6,15H,7-13H2,1H3. The first-order valence-electron chi connectivity index (χ1n) is 6.32. The van der Waals surface area contributed by atoms with Gasteiger partial charge in [-0.2, -0.15) is 0 Å². The average Bonchev–Trinajstić information content (AvgIpc) is 2.42. The van der Waals surface area contributed by atoms with Crippen molar-refractivity contribution in [2.45, 2.75) is 6.54 Å². The predicted octanol–water partition coefficient (Wildman–Crippen LogP) is 1.46. The van der Waals surface area contributed by atoms with Gasteiger partial charge in [0.25, 0.3) is 0 Å². The molecule has 0 aliphatic heterocycles. The number of methoxy groups -OCH3 is 1. The fourth-order valence-corrected chi connectivity index (χ4v) is 1.44. The molecule has 1 rings (SSSR count). The van der Waals surface area contributed by atoms with E-state index in [2.05, 4.69) is 17.4 Å². The topological polar surface area (TPSA) is 39.7 Å². The Morgan fingerprint density at radius 1 is 0.889 bits per heavy atom. The molecule has 18 heavy (non-hydrogen) atoms. The molecule has 1 aromatic carbocycles. The van der Waals surface area contributed by atoms with Gasteiger partial charge in [0.2, 0.25) is 0 Å². The summed E-state index contributed by atoms with van der Waals surface area (Å²) in [7, 11) is 1.66. The number of ether oxygens (including phenoxy) is 3. The number of nitrogens with one attached hydrogen (secondary N) is 1. The Hall–Kier alpha value is -0.940. The van der Waals surface area contributed by atoms with Crippen LogP contribution in [0, 0.1) is 0 Å². The Bertz CT molecular complexity index is 280. The van der Waals surface area contributed by atoms with Crippen molar-refractivity contribution in [3.63, 3.8) is 0 Å². The lowest BCUT2D eigenvalue weighted by Crippen LogP contribution is -2.20. The first kappa shape index (κ1) is 15.1. The highest BCUT2D eigenvalue weighted by molar-refractivity contribution is 5.14. The highest BCUT2D eigenvalue weighted by atomic mass is 16.5. The van der Waals surface area contributed by atoms with Crippen molar-refractivity contribution in [3.8, 4) is 0 Å². The minimum atomic E-state index is 0.627. The lowest BCUT2D eigenvalue weighted by molar-refractivity contribution is 0.0255. The fourth-order valence-electron chi connectivity index (χ4n) is 1.44. The van der Waals surface area contributed by atoms with Crippen molar-refractivity contribution in [3.05, 3.63) is 35.9 Å². The predicted molar refractivity (Wildman–Crippen MR) is 71.7 cm³/mol. The minimum Gasteiger partial charge on any atom is -0.382 e. The van der Waals surface area contributed by atoms with Crippen LogP contribution in [0.15, 0.2) is 30.3 Å². The smallest absolute Gasteiger partial charge is 0.0701 e. The molecule has 1 N–H and O–H groups in total. The summed E-state index contributed by atoms with van der Waals surface area (Å²) in [6, 6.07) is 10.3. The van der Waals surface area contributed by atoms with Gasteiger partial charge >= 0.3 is 0 Å². The maximum atomic E-state index is 5.42. The molecule has 0 saturated heterocycles. The van der Waals surface area contributed by atoms with Crippen molar-refractivity contribution in [2.75, 3.05) is 46.7 Å². The van der Waals surface area contributed by atoms with E-state index in [0.29, 0.717) is 33.0 Å². The summed E-state index contributed by atoms with van der Waals surface area (Å²) < 4.78 is 15.6. The second kappa shape index (κ2) is 11.2. The zero-order valence-electron chi connectivity index (χ0n) is 11.1. The van der Waals surface area contributed by atoms with Crippen LogP contribution >= 0.6 is 0 Å². The van der Waals surface area contributed by atoms with Crippen molar-refractivity contribution in [1.82, 2.24) is 5.32 Å². The number of hydrogen-bond acceptors (Lipinski definition) is 4. The highest BCUT2D eigenvalue weighted by Crippen LogP contribution is 1.96. The third kappa shape index (κ3) is 8.20. The highest BCUT2D eigenvalue weighted by Gasteiger charge is 1.92. The van der Waals surface area contributed by atoms with Gasteiger partial charge in [0.1, 0.15) is 0 Å². The Kier molecular flexibility index (Phi) is 9.38. The minimum absolute atomic E-state index is 0.627. The SMILES string of the molecule is COCCOCCOCCNCc1ccccc1. The summed E-state index contributed by atoms with van der Waals surface area (Å²) in [4.78, 5) is 0. The van der Waals surface area contributed by atoms with Gasteiger partial charge in [-0.1, -0.05) is 30.3 Å². The van der Waals surface area contributed by atoms with Crippen LogP contribution in [0.25, 0.3) is 0 Å². The monoisotopic (exact) mass is 253 g/mol. The van der Waals surface area contributed by atoms with Gasteiger partial charge < -0.3 is 19.5 Å². The molecule has 0 fully saturated rings. The maximum absolute atomic E-state index is 5.42. The molecular weight excluding hydrogens is 230 g/mol. The summed E-state index contributed by atoms with van der Waals surface area (Å²) in [6.45, 7) is 4.98. The molecule has 4 heteroatoms. The molecule has 0 aliphatic rings. The van der Waals surface area contributed by atoms with Crippen molar-refractivity contribution >= 4 is 0 Å². The van der Waals surface area contributed by atoms with Gasteiger partial charge in [-0.25, -0.2) is 0 Å². The van der Waals surface area contributed by atoms with Gasteiger partial charge in [-0.05, 0) is 5.56 Å². The molecule has 0 heterocycles. The zero-order chi connectivity index (χ0) is 12.9. The van der Waals surface area contributed by atoms with E-state index in [4.69, 9.17) is 14.2 Å². The Morgan fingerprint density at radius 2 is 1.56 bits per heavy atom. The zero-order valence-corrected chi connectivity index (χ0v) is 11.1. The van der Waals surface area contributed by atoms with E-state index in [-0.39, 0.29) is 0 Å². The van der Waals surface area contributed by atoms with Crippen molar-refractivity contribution < 1.29 is 14.2 Å². The average molecular weight is 253 g/mol. The van der Waals surface area contributed by atoms with Gasteiger partial charge in [-0.15, -0.1) is 0 Å². The van der Waals surface area contributed by atoms with Crippen LogP contribution < -0.4 is 5.32 Å². The number of rotatable bonds is 11. The van der Waals surface area contributed by atoms with Crippen LogP contribution in [0.4, 0.5) is 0 Å². The van der Waals surface area contributed by atoms with E-state index >= 15 is 0 Å². The first-order valence-corrected chi connectivity index (χ1v) is 6.32. The van der Waals surface area contributed by atoms with Crippen LogP contribution in [0.3, 0.4) is 0 Å². The quantitative estimate of drug-likeness (QED) is 0.606. The molecule has 0 aromatic heterocycles. The van der Waals surface area contributed by atoms with E-state index in [1.54, 1.807) is 7.11 Å². The molecule has 0 spiro atoms. The van der Waals surface area contributed by atoms with E-state index in [1.807, 2.05) is 18.2 Å². The summed E-state index contributed by atoms with van der Waals surface area (Å²) in [6.07, 6.45) is 0. The van der Waals surface area contributed by atoms with Crippen molar-refractivity contribution in [2.24, 2.45) is 0 Å². The summed E-state index contributed by atoms with van der Waals surface area (Å²) in [5.74, 6) is 0. The number of benzene rings is 1. The van der Waals surface area contributed by atoms with Crippen LogP contribution in [0.1, 0.15) is 5.56 Å². The molecule has 0 amide bonds. The van der Waals surface area contributed by atoms with Crippen LogP contribution in [-0.2, 0) is 20.8 Å². The second-order valence-electron chi connectivity index (χ2n) is 3.88. The van der Waals surface area contributed by atoms with Gasteiger partial charge in [0, 0.05) is 20.2 Å². The summed E-state index contributed by atoms with van der Waals surface area (Å²) in [5, 5.41) is 3.33. The lowest BCUT2D eigenvalue weighted by atomic mass is 10.2. The van der Waals surface area contributed by atoms with Crippen LogP contribution in [0.5, 0.6) is 0 Å². The molecule has 0 radical (unpaired) electrons. The Morgan fingerprint density at radius 3 is 2.28 bits per heavy atom. The number of hydrogen-bond donors (Lipinski definition) is 1. The first-order chi connectivity index (χ1) is 8.93. The Balaban J connectivity index is 1.82. The molecule has 0 aliphatic carbocycles. The Labute approximate surface area is 109 Å². The molecular formula is C14H23NO3. The van der Waals surface area contributed by atoms with E-state index in [1.165, 1.54) is 5.56 Å². The van der Waals surface area contributed by atoms with Gasteiger partial charge in [0.15, 0.2) is 0 Å². The molecule has 0 unspecified atom stereocenters. The fraction of sp³-hybridized carbons (Fsp3) is 0.571. The van der Waals surface area contributed by atoms with E-state index < -0.39 is 0 Å². The van der Waals surface area contributed by atoms with Crippen molar-refractivity contribution in [1.29, 1.82) is 0 Å². The summed E-state index contributed by atoms with van der Waals surface area (Å²) >= 11 is 0. The third-order valence-corrected chi connectivity index (χ3v) is 2.40. The van der Waals surface area contributed by atoms with Crippen LogP contribution in [-0.4, -0.2) is 46.7 Å². The molecule has 0 atom stereocenters. The second-order valence-corrected chi connectivity index (χ2v) is 3.88. The van der Waals surface area contributed by atoms with Gasteiger partial charge in [0.05, 0.1) is 33.0 Å². The normalized spacial score (nSPS) is 10.7. The third-order valence-electron chi connectivity index (χ3n) is 2.40. The van der Waals surface area contributed by atoms with E-state index in [9.17, 15) is 0 Å². The van der Waals surface area contributed by atoms with E-state index in [0.717, 1.165) is 13.1 Å². The van der Waals surface area contributed by atoms with Gasteiger partial charge in [-0.3, -0.25) is 0 Å². The summed E-state index contributed by atoms with van der Waals surface area (Å²) in [5.41, 5.74) is 1.29. The molecule has 0 saturated carbocycles. The maximum Gasteiger partial charge on any atom is 0.0701 e.